The molecule has 0 saturated heterocycles. The molecule has 0 aromatic heterocycles. The zero-order valence-corrected chi connectivity index (χ0v) is 20.6. The molecule has 0 heterocycles. The van der Waals surface area contributed by atoms with E-state index < -0.39 is 0 Å². The van der Waals surface area contributed by atoms with Gasteiger partial charge in [-0.05, 0) is 85.4 Å². The molecule has 3 aromatic carbocycles. The lowest BCUT2D eigenvalue weighted by Crippen LogP contribution is -1.97. The fourth-order valence-electron chi connectivity index (χ4n) is 3.84. The van der Waals surface area contributed by atoms with Gasteiger partial charge in [-0.25, -0.2) is 4.39 Å². The Balaban J connectivity index is 1.25. The molecule has 0 aliphatic carbocycles. The number of carbonyl (C=O) groups is 1. The second kappa shape index (κ2) is 14.1. The topological polar surface area (TPSA) is 26.3 Å². The zero-order valence-electron chi connectivity index (χ0n) is 20.6. The van der Waals surface area contributed by atoms with Crippen molar-refractivity contribution in [2.45, 2.75) is 51.9 Å². The van der Waals surface area contributed by atoms with E-state index >= 15 is 0 Å². The first kappa shape index (κ1) is 26.2. The van der Waals surface area contributed by atoms with E-state index in [1.54, 1.807) is 6.08 Å². The second-order valence-electron chi connectivity index (χ2n) is 8.97. The van der Waals surface area contributed by atoms with Gasteiger partial charge < -0.3 is 4.74 Å². The summed E-state index contributed by atoms with van der Waals surface area (Å²) < 4.78 is 18.8. The maximum Gasteiger partial charge on any atom is 0.185 e. The second-order valence-corrected chi connectivity index (χ2v) is 8.97. The molecule has 0 radical (unpaired) electrons. The first-order valence-corrected chi connectivity index (χ1v) is 12.5. The number of ether oxygens (including phenoxy) is 1. The monoisotopic (exact) mass is 470 g/mol. The number of hydrogen-bond donors (Lipinski definition) is 0. The number of benzene rings is 3. The van der Waals surface area contributed by atoms with E-state index in [1.807, 2.05) is 31.2 Å². The minimum atomic E-state index is -0.349. The summed E-state index contributed by atoms with van der Waals surface area (Å²) in [6, 6.07) is 22.0. The predicted molar refractivity (Wildman–Crippen MR) is 144 cm³/mol. The summed E-state index contributed by atoms with van der Waals surface area (Å²) in [5.41, 5.74) is 5.13. The predicted octanol–water partition coefficient (Wildman–Crippen LogP) is 8.72. The molecular weight excluding hydrogens is 435 g/mol. The number of unbranched alkanes of at least 4 members (excludes halogenated alkanes) is 5. The van der Waals surface area contributed by atoms with Crippen LogP contribution in [0.15, 0.2) is 85.5 Å². The molecular formula is C32H35FO2. The number of hydrogen-bond acceptors (Lipinski definition) is 2. The molecule has 0 saturated carbocycles. The molecule has 0 aliphatic heterocycles. The van der Waals surface area contributed by atoms with E-state index in [1.165, 1.54) is 73.6 Å². The van der Waals surface area contributed by atoms with Gasteiger partial charge >= 0.3 is 0 Å². The van der Waals surface area contributed by atoms with Crippen molar-refractivity contribution in [1.82, 2.24) is 0 Å². The molecule has 2 nitrogen and oxygen atoms in total. The van der Waals surface area contributed by atoms with Gasteiger partial charge in [-0.15, -0.1) is 0 Å². The van der Waals surface area contributed by atoms with Gasteiger partial charge in [0.05, 0.1) is 6.61 Å². The summed E-state index contributed by atoms with van der Waals surface area (Å²) in [6.45, 7) is 6.74. The normalized spacial score (nSPS) is 11.0. The van der Waals surface area contributed by atoms with E-state index in [0.29, 0.717) is 12.2 Å². The lowest BCUT2D eigenvalue weighted by Gasteiger charge is -2.07. The highest BCUT2D eigenvalue weighted by Gasteiger charge is 2.02. The molecule has 0 atom stereocenters. The molecule has 3 heteroatoms. The molecule has 0 bridgehead atoms. The van der Waals surface area contributed by atoms with Crippen molar-refractivity contribution in [3.8, 4) is 5.75 Å². The summed E-state index contributed by atoms with van der Waals surface area (Å²) in [6.07, 6.45) is 11.6. The lowest BCUT2D eigenvalue weighted by molar-refractivity contribution is 0.104. The van der Waals surface area contributed by atoms with Gasteiger partial charge in [0, 0.05) is 5.56 Å². The smallest absolute Gasteiger partial charge is 0.185 e. The Morgan fingerprint density at radius 3 is 2.06 bits per heavy atom. The fourth-order valence-corrected chi connectivity index (χ4v) is 3.84. The number of ketones is 1. The third-order valence-corrected chi connectivity index (χ3v) is 6.01. The summed E-state index contributed by atoms with van der Waals surface area (Å²) >= 11 is 0. The molecule has 0 fully saturated rings. The van der Waals surface area contributed by atoms with Crippen LogP contribution in [0.25, 0.3) is 11.6 Å². The third-order valence-electron chi connectivity index (χ3n) is 6.01. The number of halogens is 1. The van der Waals surface area contributed by atoms with Crippen molar-refractivity contribution in [1.29, 1.82) is 0 Å². The Morgan fingerprint density at radius 1 is 0.800 bits per heavy atom. The van der Waals surface area contributed by atoms with Crippen LogP contribution >= 0.6 is 0 Å². The van der Waals surface area contributed by atoms with E-state index in [0.717, 1.165) is 29.7 Å². The van der Waals surface area contributed by atoms with Crippen LogP contribution in [0.1, 0.15) is 72.5 Å². The highest BCUT2D eigenvalue weighted by molar-refractivity contribution is 6.06. The number of aryl methyl sites for hydroxylation is 1. The van der Waals surface area contributed by atoms with E-state index in [2.05, 4.69) is 30.8 Å². The van der Waals surface area contributed by atoms with Crippen LogP contribution in [0.2, 0.25) is 0 Å². The van der Waals surface area contributed by atoms with Gasteiger partial charge in [-0.1, -0.05) is 80.3 Å². The van der Waals surface area contributed by atoms with E-state index in [9.17, 15) is 9.18 Å². The number of allylic oxidation sites excluding steroid dienone is 2. The fraction of sp³-hybridized carbons (Fsp3) is 0.281. The molecule has 0 N–H and O–H groups in total. The Hall–Kier alpha value is -3.46. The molecule has 0 amide bonds. The Labute approximate surface area is 209 Å². The average Bonchev–Trinajstić information content (AvgIpc) is 2.87. The number of carbonyl (C=O) groups excluding carboxylic acids is 1. The SMILES string of the molecule is C=C(C)c1ccc(CCCCCCCCOc2ccc(C=CC(=O)c3ccc(F)cc3)cc2)cc1. The average molecular weight is 471 g/mol. The van der Waals surface area contributed by atoms with E-state index in [-0.39, 0.29) is 11.6 Å². The standard InChI is InChI=1S/C32H35FO2/c1-25(2)28-15-10-26(11-16-28)9-7-5-3-4-6-8-24-35-31-21-12-27(13-22-31)14-23-32(34)29-17-19-30(33)20-18-29/h10-23H,1,3-9,24H2,2H3. The van der Waals surface area contributed by atoms with Gasteiger partial charge in [0.2, 0.25) is 0 Å². The van der Waals surface area contributed by atoms with Gasteiger partial charge in [-0.2, -0.15) is 0 Å². The summed E-state index contributed by atoms with van der Waals surface area (Å²) in [7, 11) is 0. The maximum atomic E-state index is 13.0. The van der Waals surface area contributed by atoms with Gasteiger partial charge in [0.25, 0.3) is 0 Å². The van der Waals surface area contributed by atoms with Crippen LogP contribution in [-0.4, -0.2) is 12.4 Å². The summed E-state index contributed by atoms with van der Waals surface area (Å²) in [5.74, 6) is 0.338. The van der Waals surface area contributed by atoms with Crippen molar-refractivity contribution < 1.29 is 13.9 Å². The zero-order chi connectivity index (χ0) is 24.9. The highest BCUT2D eigenvalue weighted by Crippen LogP contribution is 2.17. The summed E-state index contributed by atoms with van der Waals surface area (Å²) in [5, 5.41) is 0. The Bertz CT molecular complexity index is 1090. The summed E-state index contributed by atoms with van der Waals surface area (Å²) in [4.78, 5) is 12.1. The molecule has 0 spiro atoms. The van der Waals surface area contributed by atoms with Gasteiger partial charge in [0.15, 0.2) is 5.78 Å². The first-order chi connectivity index (χ1) is 17.0. The van der Waals surface area contributed by atoms with Gasteiger partial charge in [0.1, 0.15) is 11.6 Å². The first-order valence-electron chi connectivity index (χ1n) is 12.5. The van der Waals surface area contributed by atoms with Crippen molar-refractivity contribution in [2.75, 3.05) is 6.61 Å². The molecule has 3 aromatic rings. The molecule has 3 rings (SSSR count). The van der Waals surface area contributed by atoms with Crippen molar-refractivity contribution in [3.63, 3.8) is 0 Å². The lowest BCUT2D eigenvalue weighted by atomic mass is 10.0. The minimum absolute atomic E-state index is 0.150. The van der Waals surface area contributed by atoms with Crippen molar-refractivity contribution in [3.05, 3.63) is 114 Å². The van der Waals surface area contributed by atoms with Crippen LogP contribution in [-0.2, 0) is 6.42 Å². The Morgan fingerprint density at radius 2 is 1.40 bits per heavy atom. The van der Waals surface area contributed by atoms with Crippen molar-refractivity contribution >= 4 is 17.4 Å². The maximum absolute atomic E-state index is 13.0. The number of rotatable bonds is 14. The van der Waals surface area contributed by atoms with Gasteiger partial charge in [-0.3, -0.25) is 4.79 Å². The molecule has 0 unspecified atom stereocenters. The molecule has 182 valence electrons. The molecule has 35 heavy (non-hydrogen) atoms. The van der Waals surface area contributed by atoms with Crippen LogP contribution in [0.4, 0.5) is 4.39 Å². The minimum Gasteiger partial charge on any atom is -0.494 e. The Kier molecular flexibility index (Phi) is 10.5. The molecule has 0 aliphatic rings. The highest BCUT2D eigenvalue weighted by atomic mass is 19.1. The van der Waals surface area contributed by atoms with Crippen LogP contribution in [0.3, 0.4) is 0 Å². The third kappa shape index (κ3) is 9.36. The largest absolute Gasteiger partial charge is 0.494 e. The van der Waals surface area contributed by atoms with E-state index in [4.69, 9.17) is 4.74 Å². The quantitative estimate of drug-likeness (QED) is 0.134. The van der Waals surface area contributed by atoms with Crippen molar-refractivity contribution in [2.24, 2.45) is 0 Å². The van der Waals surface area contributed by atoms with Crippen LogP contribution < -0.4 is 4.74 Å². The van der Waals surface area contributed by atoms with Crippen LogP contribution in [0.5, 0.6) is 5.75 Å². The van der Waals surface area contributed by atoms with Crippen LogP contribution in [0, 0.1) is 5.82 Å².